The fourth-order valence-corrected chi connectivity index (χ4v) is 4.09. The maximum Gasteiger partial charge on any atom is 0.317 e. The molecule has 2 saturated carbocycles. The lowest BCUT2D eigenvalue weighted by Crippen LogP contribution is -2.55. The van der Waals surface area contributed by atoms with E-state index in [-0.39, 0.29) is 30.5 Å². The van der Waals surface area contributed by atoms with Gasteiger partial charge in [-0.25, -0.2) is 0 Å². The zero-order valence-corrected chi connectivity index (χ0v) is 17.1. The minimum absolute atomic E-state index is 0.0686. The number of carboxylic acid groups (broad SMARTS) is 1. The topological polar surface area (TPSA) is 82.5 Å². The third-order valence-electron chi connectivity index (χ3n) is 6.06. The predicted octanol–water partition coefficient (Wildman–Crippen LogP) is 3.42. The second-order valence-electron chi connectivity index (χ2n) is 8.83. The first-order valence-corrected chi connectivity index (χ1v) is 10.6. The Morgan fingerprint density at radius 1 is 1.24 bits per heavy atom. The number of nitrogens with one attached hydrogen (secondary N) is 1. The summed E-state index contributed by atoms with van der Waals surface area (Å²) < 4.78 is 0. The van der Waals surface area contributed by atoms with Gasteiger partial charge in [0.15, 0.2) is 0 Å². The van der Waals surface area contributed by atoms with Crippen molar-refractivity contribution in [2.24, 2.45) is 5.92 Å². The Morgan fingerprint density at radius 3 is 2.62 bits per heavy atom. The molecule has 0 aliphatic heterocycles. The fourth-order valence-electron chi connectivity index (χ4n) is 4.09. The first-order chi connectivity index (χ1) is 13.9. The molecule has 1 aromatic carbocycles. The van der Waals surface area contributed by atoms with E-state index in [2.05, 4.69) is 29.0 Å². The van der Waals surface area contributed by atoms with Crippen LogP contribution in [0.1, 0.15) is 61.5 Å². The van der Waals surface area contributed by atoms with Crippen molar-refractivity contribution in [1.29, 1.82) is 0 Å². The molecule has 0 unspecified atom stereocenters. The van der Waals surface area contributed by atoms with Crippen LogP contribution >= 0.6 is 0 Å². The molecule has 1 amide bonds. The summed E-state index contributed by atoms with van der Waals surface area (Å²) in [4.78, 5) is 31.0. The lowest BCUT2D eigenvalue weighted by Gasteiger charge is -2.42. The van der Waals surface area contributed by atoms with Crippen LogP contribution in [0.4, 0.5) is 0 Å². The Kier molecular flexibility index (Phi) is 5.54. The number of carbonyl (C=O) groups excluding carboxylic acids is 1. The minimum Gasteiger partial charge on any atom is -0.480 e. The summed E-state index contributed by atoms with van der Waals surface area (Å²) in [5.74, 6) is 0.0513. The van der Waals surface area contributed by atoms with Crippen LogP contribution < -0.4 is 5.32 Å². The van der Waals surface area contributed by atoms with Crippen LogP contribution in [-0.4, -0.2) is 52.0 Å². The number of aliphatic carboxylic acids is 1. The van der Waals surface area contributed by atoms with Crippen LogP contribution in [0.2, 0.25) is 0 Å². The number of rotatable bonds is 8. The summed E-state index contributed by atoms with van der Waals surface area (Å²) in [6.07, 6.45) is 4.03. The number of nitrogens with zero attached hydrogens (tertiary/aromatic N) is 2. The van der Waals surface area contributed by atoms with Gasteiger partial charge in [-0.2, -0.15) is 0 Å². The first kappa shape index (κ1) is 19.8. The number of aromatic nitrogens is 1. The lowest BCUT2D eigenvalue weighted by atomic mass is 9.85. The molecule has 0 saturated heterocycles. The predicted molar refractivity (Wildman–Crippen MR) is 112 cm³/mol. The van der Waals surface area contributed by atoms with Gasteiger partial charge >= 0.3 is 5.97 Å². The molecule has 2 aromatic rings. The van der Waals surface area contributed by atoms with Crippen LogP contribution in [0, 0.1) is 5.92 Å². The van der Waals surface area contributed by atoms with Gasteiger partial charge in [0, 0.05) is 29.7 Å². The highest BCUT2D eigenvalue weighted by molar-refractivity contribution is 6.06. The Bertz CT molecular complexity index is 917. The van der Waals surface area contributed by atoms with Crippen LogP contribution in [-0.2, 0) is 4.79 Å². The minimum atomic E-state index is -0.775. The molecule has 6 nitrogen and oxygen atoms in total. The molecule has 2 N–H and O–H groups in total. The standard InChI is InChI=1S/C23H29N3O3/c1-14(2)21-11-19(18-5-3-4-6-20(18)25-21)23(29)24-16-9-17(10-16)26(13-22(27)28)12-15-7-8-15/h3-6,11,14-17H,7-10,12-13H2,1-2H3,(H,24,29)(H,27,28). The van der Waals surface area contributed by atoms with Crippen molar-refractivity contribution >= 4 is 22.8 Å². The van der Waals surface area contributed by atoms with Crippen molar-refractivity contribution in [3.8, 4) is 0 Å². The molecule has 2 fully saturated rings. The Labute approximate surface area is 171 Å². The molecular weight excluding hydrogens is 366 g/mol. The van der Waals surface area contributed by atoms with Gasteiger partial charge in [-0.3, -0.25) is 19.5 Å². The summed E-state index contributed by atoms with van der Waals surface area (Å²) in [5.41, 5.74) is 2.42. The van der Waals surface area contributed by atoms with Crippen LogP contribution in [0.3, 0.4) is 0 Å². The number of hydrogen-bond donors (Lipinski definition) is 2. The Balaban J connectivity index is 1.43. The number of pyridine rings is 1. The van der Waals surface area contributed by atoms with Crippen LogP contribution in [0.5, 0.6) is 0 Å². The highest BCUT2D eigenvalue weighted by Crippen LogP contribution is 2.34. The van der Waals surface area contributed by atoms with E-state index in [1.54, 1.807) is 0 Å². The second-order valence-corrected chi connectivity index (χ2v) is 8.83. The zero-order chi connectivity index (χ0) is 20.5. The zero-order valence-electron chi connectivity index (χ0n) is 17.1. The van der Waals surface area contributed by atoms with E-state index in [1.165, 1.54) is 12.8 Å². The molecule has 0 spiro atoms. The summed E-state index contributed by atoms with van der Waals surface area (Å²) in [5, 5.41) is 13.2. The fraction of sp³-hybridized carbons (Fsp3) is 0.522. The van der Waals surface area contributed by atoms with Gasteiger partial charge in [0.25, 0.3) is 5.91 Å². The largest absolute Gasteiger partial charge is 0.480 e. The number of fused-ring (bicyclic) bond motifs is 1. The van der Waals surface area contributed by atoms with E-state index in [1.807, 2.05) is 30.3 Å². The summed E-state index contributed by atoms with van der Waals surface area (Å²) >= 11 is 0. The Morgan fingerprint density at radius 2 is 1.97 bits per heavy atom. The summed E-state index contributed by atoms with van der Waals surface area (Å²) in [6.45, 7) is 5.11. The first-order valence-electron chi connectivity index (χ1n) is 10.6. The van der Waals surface area contributed by atoms with Gasteiger partial charge in [-0.1, -0.05) is 32.0 Å². The normalized spacial score (nSPS) is 21.4. The molecule has 1 aromatic heterocycles. The van der Waals surface area contributed by atoms with E-state index >= 15 is 0 Å². The van der Waals surface area contributed by atoms with Gasteiger partial charge in [0.1, 0.15) is 0 Å². The van der Waals surface area contributed by atoms with Gasteiger partial charge < -0.3 is 10.4 Å². The highest BCUT2D eigenvalue weighted by atomic mass is 16.4. The van der Waals surface area contributed by atoms with E-state index in [4.69, 9.17) is 0 Å². The van der Waals surface area contributed by atoms with Crippen molar-refractivity contribution < 1.29 is 14.7 Å². The monoisotopic (exact) mass is 395 g/mol. The molecule has 29 heavy (non-hydrogen) atoms. The molecule has 1 heterocycles. The highest BCUT2D eigenvalue weighted by Gasteiger charge is 2.38. The van der Waals surface area contributed by atoms with E-state index in [0.717, 1.165) is 36.0 Å². The smallest absolute Gasteiger partial charge is 0.317 e. The van der Waals surface area contributed by atoms with E-state index < -0.39 is 5.97 Å². The molecule has 2 aliphatic rings. The van der Waals surface area contributed by atoms with Crippen LogP contribution in [0.15, 0.2) is 30.3 Å². The molecular formula is C23H29N3O3. The number of carbonyl (C=O) groups is 2. The molecule has 0 radical (unpaired) electrons. The summed E-state index contributed by atoms with van der Waals surface area (Å²) in [6, 6.07) is 10.00. The average Bonchev–Trinajstić information content (AvgIpc) is 3.46. The number of para-hydroxylation sites is 1. The van der Waals surface area contributed by atoms with Crippen LogP contribution in [0.25, 0.3) is 10.9 Å². The SMILES string of the molecule is CC(C)c1cc(C(=O)NC2CC(N(CC(=O)O)CC3CC3)C2)c2ccccc2n1. The van der Waals surface area contributed by atoms with Gasteiger partial charge in [0.2, 0.25) is 0 Å². The molecule has 6 heteroatoms. The molecule has 0 bridgehead atoms. The quantitative estimate of drug-likeness (QED) is 0.716. The van der Waals surface area contributed by atoms with Gasteiger partial charge in [-0.05, 0) is 49.7 Å². The number of benzene rings is 1. The molecule has 4 rings (SSSR count). The van der Waals surface area contributed by atoms with Crippen molar-refractivity contribution in [2.45, 2.75) is 57.5 Å². The van der Waals surface area contributed by atoms with Crippen molar-refractivity contribution in [3.63, 3.8) is 0 Å². The third kappa shape index (κ3) is 4.58. The molecule has 154 valence electrons. The molecule has 0 atom stereocenters. The van der Waals surface area contributed by atoms with E-state index in [9.17, 15) is 14.7 Å². The number of carboxylic acids is 1. The maximum atomic E-state index is 13.0. The average molecular weight is 396 g/mol. The second kappa shape index (κ2) is 8.11. The lowest BCUT2D eigenvalue weighted by molar-refractivity contribution is -0.139. The molecule has 2 aliphatic carbocycles. The van der Waals surface area contributed by atoms with Gasteiger partial charge in [0.05, 0.1) is 17.6 Å². The third-order valence-corrected chi connectivity index (χ3v) is 6.06. The summed E-state index contributed by atoms with van der Waals surface area (Å²) in [7, 11) is 0. The maximum absolute atomic E-state index is 13.0. The number of amides is 1. The van der Waals surface area contributed by atoms with E-state index in [0.29, 0.717) is 11.5 Å². The Hall–Kier alpha value is -2.47. The van der Waals surface area contributed by atoms with Crippen molar-refractivity contribution in [3.05, 3.63) is 41.6 Å². The van der Waals surface area contributed by atoms with Gasteiger partial charge in [-0.15, -0.1) is 0 Å². The number of hydrogen-bond acceptors (Lipinski definition) is 4. The van der Waals surface area contributed by atoms with Crippen molar-refractivity contribution in [1.82, 2.24) is 15.2 Å². The van der Waals surface area contributed by atoms with Crippen molar-refractivity contribution in [2.75, 3.05) is 13.1 Å².